The number of hydrogen-bond donors (Lipinski definition) is 1. The van der Waals surface area contributed by atoms with Gasteiger partial charge < -0.3 is 5.11 Å². The van der Waals surface area contributed by atoms with E-state index in [1.165, 1.54) is 4.90 Å². The second-order valence-corrected chi connectivity index (χ2v) is 8.92. The van der Waals surface area contributed by atoms with Crippen LogP contribution in [0.2, 0.25) is 5.02 Å². The number of aromatic hydroxyl groups is 1. The van der Waals surface area contributed by atoms with Gasteiger partial charge in [0, 0.05) is 5.02 Å². The molecular weight excluding hydrogens is 588 g/mol. The summed E-state index contributed by atoms with van der Waals surface area (Å²) in [4.78, 5) is 26.4. The van der Waals surface area contributed by atoms with Crippen LogP contribution in [-0.2, 0) is 11.3 Å². The van der Waals surface area contributed by atoms with Crippen molar-refractivity contribution < 1.29 is 14.7 Å². The van der Waals surface area contributed by atoms with Gasteiger partial charge in [0.1, 0.15) is 5.75 Å². The van der Waals surface area contributed by atoms with Crippen LogP contribution >= 0.6 is 68.5 Å². The highest BCUT2D eigenvalue weighted by Crippen LogP contribution is 2.35. The molecule has 2 aromatic carbocycles. The molecule has 0 atom stereocenters. The molecule has 2 aromatic rings. The Balaban J connectivity index is 1.87. The van der Waals surface area contributed by atoms with E-state index in [-0.39, 0.29) is 23.4 Å². The van der Waals surface area contributed by atoms with Crippen LogP contribution in [0.4, 0.5) is 4.79 Å². The summed E-state index contributed by atoms with van der Waals surface area (Å²) in [6.07, 6.45) is 1.67. The average Bonchev–Trinajstić information content (AvgIpc) is 2.82. The fourth-order valence-electron chi connectivity index (χ4n) is 2.25. The average molecular weight is 598 g/mol. The Kier molecular flexibility index (Phi) is 5.96. The zero-order valence-corrected chi connectivity index (χ0v) is 18.4. The van der Waals surface area contributed by atoms with Gasteiger partial charge in [0.15, 0.2) is 0 Å². The van der Waals surface area contributed by atoms with Gasteiger partial charge in [-0.05, 0) is 92.3 Å². The van der Waals surface area contributed by atoms with Gasteiger partial charge in [-0.1, -0.05) is 29.8 Å². The lowest BCUT2D eigenvalue weighted by Crippen LogP contribution is -2.27. The quantitative estimate of drug-likeness (QED) is 0.376. The summed E-state index contributed by atoms with van der Waals surface area (Å²) in [6, 6.07) is 10.7. The summed E-state index contributed by atoms with van der Waals surface area (Å²) in [5.74, 6) is -0.127. The van der Waals surface area contributed by atoms with Crippen LogP contribution in [0.25, 0.3) is 6.08 Å². The molecule has 0 aliphatic carbocycles. The van der Waals surface area contributed by atoms with E-state index in [1.807, 2.05) is 51.2 Å². The van der Waals surface area contributed by atoms with Gasteiger partial charge in [0.25, 0.3) is 11.1 Å². The minimum Gasteiger partial charge on any atom is -0.506 e. The first kappa shape index (κ1) is 19.0. The topological polar surface area (TPSA) is 57.6 Å². The first-order valence-electron chi connectivity index (χ1n) is 7.03. The Morgan fingerprint density at radius 3 is 2.44 bits per heavy atom. The second kappa shape index (κ2) is 7.85. The summed E-state index contributed by atoms with van der Waals surface area (Å²) in [5.41, 5.74) is 1.48. The Morgan fingerprint density at radius 2 is 1.80 bits per heavy atom. The van der Waals surface area contributed by atoms with Gasteiger partial charge in [0.05, 0.1) is 18.6 Å². The van der Waals surface area contributed by atoms with Crippen molar-refractivity contribution in [3.63, 3.8) is 0 Å². The van der Waals surface area contributed by atoms with Crippen LogP contribution in [0.15, 0.2) is 41.3 Å². The third-order valence-corrected chi connectivity index (χ3v) is 6.42. The van der Waals surface area contributed by atoms with E-state index < -0.39 is 0 Å². The standard InChI is InChI=1S/C17H10ClI2NO3S/c18-11-4-2-1-3-10(11)8-21-16(23)14(25-17(21)24)7-9-5-12(19)15(22)13(20)6-9/h1-7,22H,8H2/b14-7-. The number of rotatable bonds is 3. The molecule has 1 N–H and O–H groups in total. The monoisotopic (exact) mass is 597 g/mol. The molecule has 8 heteroatoms. The van der Waals surface area contributed by atoms with Crippen molar-refractivity contribution in [1.82, 2.24) is 4.90 Å². The molecule has 2 amide bonds. The molecule has 0 saturated carbocycles. The highest BCUT2D eigenvalue weighted by atomic mass is 127. The zero-order valence-electron chi connectivity index (χ0n) is 12.5. The number of nitrogens with zero attached hydrogens (tertiary/aromatic N) is 1. The van der Waals surface area contributed by atoms with Crippen LogP contribution in [-0.4, -0.2) is 21.2 Å². The SMILES string of the molecule is O=C1S/C(=C\c2cc(I)c(O)c(I)c2)C(=O)N1Cc1ccccc1Cl. The maximum absolute atomic E-state index is 12.6. The van der Waals surface area contributed by atoms with E-state index in [2.05, 4.69) is 0 Å². The molecule has 25 heavy (non-hydrogen) atoms. The fraction of sp³-hybridized carbons (Fsp3) is 0.0588. The third kappa shape index (κ3) is 4.15. The van der Waals surface area contributed by atoms with E-state index in [4.69, 9.17) is 11.6 Å². The Hall–Kier alpha value is -0.780. The van der Waals surface area contributed by atoms with Crippen LogP contribution in [0.1, 0.15) is 11.1 Å². The minimum absolute atomic E-state index is 0.145. The number of carbonyl (C=O) groups is 2. The minimum atomic E-state index is -0.340. The smallest absolute Gasteiger partial charge is 0.293 e. The molecule has 1 aliphatic heterocycles. The Labute approximate surface area is 180 Å². The number of thioether (sulfide) groups is 1. The zero-order chi connectivity index (χ0) is 18.1. The molecule has 1 aliphatic rings. The van der Waals surface area contributed by atoms with Crippen molar-refractivity contribution in [2.75, 3.05) is 0 Å². The molecule has 1 heterocycles. The lowest BCUT2D eigenvalue weighted by molar-refractivity contribution is -0.123. The number of amides is 2. The third-order valence-electron chi connectivity index (χ3n) is 3.50. The van der Waals surface area contributed by atoms with Crippen molar-refractivity contribution in [2.24, 2.45) is 0 Å². The molecule has 0 spiro atoms. The largest absolute Gasteiger partial charge is 0.506 e. The van der Waals surface area contributed by atoms with Crippen LogP contribution in [0.3, 0.4) is 0 Å². The van der Waals surface area contributed by atoms with Gasteiger partial charge in [-0.25, -0.2) is 0 Å². The van der Waals surface area contributed by atoms with Crippen LogP contribution in [0.5, 0.6) is 5.75 Å². The number of carbonyl (C=O) groups excluding carboxylic acids is 2. The normalized spacial score (nSPS) is 16.1. The Bertz CT molecular complexity index is 894. The van der Waals surface area contributed by atoms with Gasteiger partial charge in [-0.3, -0.25) is 14.5 Å². The van der Waals surface area contributed by atoms with Gasteiger partial charge in [-0.2, -0.15) is 0 Å². The summed E-state index contributed by atoms with van der Waals surface area (Å²) in [5, 5.41) is 10.0. The maximum atomic E-state index is 12.6. The van der Waals surface area contributed by atoms with Gasteiger partial charge in [-0.15, -0.1) is 0 Å². The molecule has 0 aromatic heterocycles. The van der Waals surface area contributed by atoms with E-state index in [1.54, 1.807) is 36.4 Å². The number of benzene rings is 2. The van der Waals surface area contributed by atoms with E-state index in [9.17, 15) is 14.7 Å². The predicted octanol–water partition coefficient (Wildman–Crippen LogP) is 5.49. The summed E-state index contributed by atoms with van der Waals surface area (Å²) in [6.45, 7) is 0.145. The van der Waals surface area contributed by atoms with Gasteiger partial charge >= 0.3 is 0 Å². The summed E-state index contributed by atoms with van der Waals surface area (Å²) >= 11 is 11.1. The maximum Gasteiger partial charge on any atom is 0.293 e. The molecule has 128 valence electrons. The summed E-state index contributed by atoms with van der Waals surface area (Å²) in [7, 11) is 0. The van der Waals surface area contributed by atoms with Crippen molar-refractivity contribution in [3.8, 4) is 5.75 Å². The molecule has 0 unspecified atom stereocenters. The first-order chi connectivity index (χ1) is 11.9. The predicted molar refractivity (Wildman–Crippen MR) is 117 cm³/mol. The van der Waals surface area contributed by atoms with Crippen molar-refractivity contribution in [1.29, 1.82) is 0 Å². The molecule has 3 rings (SSSR count). The van der Waals surface area contributed by atoms with Crippen molar-refractivity contribution in [2.45, 2.75) is 6.54 Å². The fourth-order valence-corrected chi connectivity index (χ4v) is 5.10. The van der Waals surface area contributed by atoms with Crippen LogP contribution < -0.4 is 0 Å². The molecule has 1 saturated heterocycles. The molecule has 1 fully saturated rings. The van der Waals surface area contributed by atoms with Gasteiger partial charge in [0.2, 0.25) is 0 Å². The van der Waals surface area contributed by atoms with Crippen LogP contribution in [0, 0.1) is 7.14 Å². The second-order valence-electron chi connectivity index (χ2n) is 5.19. The molecule has 0 radical (unpaired) electrons. The highest BCUT2D eigenvalue weighted by Gasteiger charge is 2.35. The molecule has 0 bridgehead atoms. The lowest BCUT2D eigenvalue weighted by atomic mass is 10.2. The molecular formula is C17H10ClI2NO3S. The Morgan fingerprint density at radius 1 is 1.16 bits per heavy atom. The van der Waals surface area contributed by atoms with E-state index >= 15 is 0 Å². The van der Waals surface area contributed by atoms with E-state index in [0.29, 0.717) is 17.1 Å². The number of imide groups is 1. The summed E-state index contributed by atoms with van der Waals surface area (Å²) < 4.78 is 1.37. The number of hydrogen-bond acceptors (Lipinski definition) is 4. The number of halogens is 3. The molecule has 4 nitrogen and oxygen atoms in total. The number of phenols is 1. The first-order valence-corrected chi connectivity index (χ1v) is 10.4. The van der Waals surface area contributed by atoms with Crippen molar-refractivity contribution in [3.05, 3.63) is 64.6 Å². The van der Waals surface area contributed by atoms with Crippen molar-refractivity contribution >= 4 is 85.8 Å². The van der Waals surface area contributed by atoms with E-state index in [0.717, 1.165) is 22.9 Å². The highest BCUT2D eigenvalue weighted by molar-refractivity contribution is 14.1. The number of phenolic OH excluding ortho intramolecular Hbond substituents is 1. The lowest BCUT2D eigenvalue weighted by Gasteiger charge is -2.13.